The first-order valence-electron chi connectivity index (χ1n) is 7.52. The molecule has 3 aliphatic rings. The fourth-order valence-electron chi connectivity index (χ4n) is 4.08. The molecule has 0 aliphatic carbocycles. The molecule has 24 heavy (non-hydrogen) atoms. The number of fused-ring (bicyclic) bond motifs is 5. The lowest BCUT2D eigenvalue weighted by Crippen LogP contribution is -2.36. The molecule has 0 amide bonds. The van der Waals surface area contributed by atoms with Crippen LogP contribution in [0.3, 0.4) is 0 Å². The summed E-state index contributed by atoms with van der Waals surface area (Å²) in [5.41, 5.74) is -1.68. The quantitative estimate of drug-likeness (QED) is 0.772. The van der Waals surface area contributed by atoms with E-state index < -0.39 is 32.6 Å². The number of nitrogens with zero attached hydrogens (tertiary/aromatic N) is 2. The standard InChI is InChI=1S/C15H13F3N2O3S/c16-15(17,18)11-5-9(2-1-8(11)6-19)20-7-10-12-3-4-13(23-12)14(10)24(20,21)22/h1-2,5,10,12-14H,3-4,7H2/t10-,12+,13-,14-/m1/s1. The molecule has 4 atom stereocenters. The summed E-state index contributed by atoms with van der Waals surface area (Å²) in [6.07, 6.45) is -3.77. The van der Waals surface area contributed by atoms with E-state index >= 15 is 0 Å². The number of benzene rings is 1. The van der Waals surface area contributed by atoms with E-state index in [1.165, 1.54) is 12.1 Å². The highest BCUT2D eigenvalue weighted by Gasteiger charge is 2.61. The van der Waals surface area contributed by atoms with Crippen LogP contribution in [0.4, 0.5) is 18.9 Å². The molecular weight excluding hydrogens is 345 g/mol. The Labute approximate surface area is 136 Å². The summed E-state index contributed by atoms with van der Waals surface area (Å²) in [6, 6.07) is 4.53. The van der Waals surface area contributed by atoms with Crippen LogP contribution >= 0.6 is 0 Å². The topological polar surface area (TPSA) is 70.4 Å². The van der Waals surface area contributed by atoms with Crippen molar-refractivity contribution < 1.29 is 26.3 Å². The molecule has 4 rings (SSSR count). The summed E-state index contributed by atoms with van der Waals surface area (Å²) in [6.45, 7) is 0.122. The van der Waals surface area contributed by atoms with E-state index in [1.54, 1.807) is 0 Å². The first-order chi connectivity index (χ1) is 11.2. The second-order valence-corrected chi connectivity index (χ2v) is 8.35. The normalized spacial score (nSPS) is 33.5. The molecule has 9 heteroatoms. The Morgan fingerprint density at radius 3 is 2.58 bits per heavy atom. The fraction of sp³-hybridized carbons (Fsp3) is 0.533. The largest absolute Gasteiger partial charge is 0.417 e. The zero-order valence-corrected chi connectivity index (χ0v) is 13.1. The lowest BCUT2D eigenvalue weighted by atomic mass is 9.89. The van der Waals surface area contributed by atoms with Crippen LogP contribution in [0.25, 0.3) is 0 Å². The van der Waals surface area contributed by atoms with Gasteiger partial charge in [-0.1, -0.05) is 0 Å². The maximum atomic E-state index is 13.1. The molecule has 0 spiro atoms. The Kier molecular flexibility index (Phi) is 3.19. The van der Waals surface area contributed by atoms with Crippen molar-refractivity contribution >= 4 is 15.7 Å². The number of halogens is 3. The van der Waals surface area contributed by atoms with Crippen LogP contribution in [0.5, 0.6) is 0 Å². The van der Waals surface area contributed by atoms with Gasteiger partial charge in [0.15, 0.2) is 0 Å². The number of nitriles is 1. The van der Waals surface area contributed by atoms with Crippen LogP contribution in [-0.2, 0) is 20.9 Å². The van der Waals surface area contributed by atoms with Gasteiger partial charge in [0.25, 0.3) is 0 Å². The first-order valence-corrected chi connectivity index (χ1v) is 9.02. The highest BCUT2D eigenvalue weighted by molar-refractivity contribution is 7.93. The highest BCUT2D eigenvalue weighted by atomic mass is 32.2. The molecule has 0 saturated carbocycles. The zero-order chi connectivity index (χ0) is 17.3. The lowest BCUT2D eigenvalue weighted by molar-refractivity contribution is -0.137. The van der Waals surface area contributed by atoms with Crippen molar-refractivity contribution in [2.24, 2.45) is 5.92 Å². The van der Waals surface area contributed by atoms with Crippen LogP contribution in [0.15, 0.2) is 18.2 Å². The van der Waals surface area contributed by atoms with Gasteiger partial charge in [0, 0.05) is 12.5 Å². The van der Waals surface area contributed by atoms with Gasteiger partial charge < -0.3 is 4.74 Å². The number of sulfonamides is 1. The van der Waals surface area contributed by atoms with Crippen molar-refractivity contribution in [3.63, 3.8) is 0 Å². The molecule has 0 aromatic heterocycles. The molecular formula is C15H13F3N2O3S. The van der Waals surface area contributed by atoms with E-state index in [2.05, 4.69) is 0 Å². The molecule has 3 heterocycles. The zero-order valence-electron chi connectivity index (χ0n) is 12.3. The highest BCUT2D eigenvalue weighted by Crippen LogP contribution is 2.49. The fourth-order valence-corrected chi connectivity index (χ4v) is 6.45. The maximum absolute atomic E-state index is 13.1. The summed E-state index contributed by atoms with van der Waals surface area (Å²) in [5.74, 6) is -0.210. The van der Waals surface area contributed by atoms with E-state index in [0.29, 0.717) is 6.42 Å². The van der Waals surface area contributed by atoms with Gasteiger partial charge in [-0.15, -0.1) is 0 Å². The molecule has 1 aromatic rings. The van der Waals surface area contributed by atoms with Gasteiger partial charge in [-0.3, -0.25) is 4.31 Å². The number of alkyl halides is 3. The summed E-state index contributed by atoms with van der Waals surface area (Å²) < 4.78 is 71.6. The van der Waals surface area contributed by atoms with Gasteiger partial charge in [0.2, 0.25) is 10.0 Å². The second-order valence-electron chi connectivity index (χ2n) is 6.33. The first kappa shape index (κ1) is 15.7. The summed E-state index contributed by atoms with van der Waals surface area (Å²) in [7, 11) is -3.77. The van der Waals surface area contributed by atoms with Crippen LogP contribution in [0, 0.1) is 17.2 Å². The molecule has 2 bridgehead atoms. The van der Waals surface area contributed by atoms with Gasteiger partial charge in [0.1, 0.15) is 5.25 Å². The van der Waals surface area contributed by atoms with Gasteiger partial charge in [-0.25, -0.2) is 8.42 Å². The number of anilines is 1. The van der Waals surface area contributed by atoms with E-state index in [-0.39, 0.29) is 30.4 Å². The van der Waals surface area contributed by atoms with E-state index in [0.717, 1.165) is 22.9 Å². The van der Waals surface area contributed by atoms with Crippen molar-refractivity contribution in [3.8, 4) is 6.07 Å². The number of rotatable bonds is 1. The van der Waals surface area contributed by atoms with Crippen LogP contribution in [0.1, 0.15) is 24.0 Å². The van der Waals surface area contributed by atoms with E-state index in [4.69, 9.17) is 10.00 Å². The predicted molar refractivity (Wildman–Crippen MR) is 77.6 cm³/mol. The van der Waals surface area contributed by atoms with Gasteiger partial charge >= 0.3 is 6.18 Å². The summed E-state index contributed by atoms with van der Waals surface area (Å²) in [4.78, 5) is 0. The predicted octanol–water partition coefficient (Wildman–Crippen LogP) is 2.27. The van der Waals surface area contributed by atoms with Crippen LogP contribution in [-0.4, -0.2) is 32.4 Å². The Morgan fingerprint density at radius 1 is 1.25 bits per heavy atom. The third kappa shape index (κ3) is 2.06. The minimum absolute atomic E-state index is 0.0462. The molecule has 3 fully saturated rings. The Balaban J connectivity index is 1.77. The minimum atomic E-state index is -4.72. The third-order valence-corrected chi connectivity index (χ3v) is 7.41. The van der Waals surface area contributed by atoms with E-state index in [9.17, 15) is 21.6 Å². The van der Waals surface area contributed by atoms with Gasteiger partial charge in [-0.05, 0) is 31.0 Å². The molecule has 128 valence electrons. The van der Waals surface area contributed by atoms with Crippen molar-refractivity contribution in [3.05, 3.63) is 29.3 Å². The number of ether oxygens (including phenoxy) is 1. The molecule has 0 radical (unpaired) electrons. The SMILES string of the molecule is N#Cc1ccc(N2C[C@H]3[C@H]([C@H]4CC[C@@H]3O4)S2(=O)=O)cc1C(F)(F)F. The smallest absolute Gasteiger partial charge is 0.373 e. The number of hydrogen-bond donors (Lipinski definition) is 0. The molecule has 3 aliphatic heterocycles. The molecule has 5 nitrogen and oxygen atoms in total. The summed E-state index contributed by atoms with van der Waals surface area (Å²) in [5, 5.41) is 8.17. The Bertz CT molecular complexity index is 847. The second kappa shape index (κ2) is 4.86. The average Bonchev–Trinajstić information content (AvgIpc) is 3.18. The molecule has 0 unspecified atom stereocenters. The molecule has 0 N–H and O–H groups in total. The van der Waals surface area contributed by atoms with Gasteiger partial charge in [-0.2, -0.15) is 18.4 Å². The van der Waals surface area contributed by atoms with Crippen LogP contribution < -0.4 is 4.31 Å². The van der Waals surface area contributed by atoms with Gasteiger partial charge in [0.05, 0.1) is 35.1 Å². The van der Waals surface area contributed by atoms with Crippen molar-refractivity contribution in [1.82, 2.24) is 0 Å². The van der Waals surface area contributed by atoms with Crippen molar-refractivity contribution in [2.75, 3.05) is 10.8 Å². The third-order valence-electron chi connectivity index (χ3n) is 5.10. The molecule has 3 saturated heterocycles. The van der Waals surface area contributed by atoms with Crippen molar-refractivity contribution in [1.29, 1.82) is 5.26 Å². The monoisotopic (exact) mass is 358 g/mol. The minimum Gasteiger partial charge on any atom is -0.373 e. The summed E-state index contributed by atoms with van der Waals surface area (Å²) >= 11 is 0. The lowest BCUT2D eigenvalue weighted by Gasteiger charge is -2.22. The van der Waals surface area contributed by atoms with E-state index in [1.807, 2.05) is 0 Å². The Morgan fingerprint density at radius 2 is 1.96 bits per heavy atom. The number of hydrogen-bond acceptors (Lipinski definition) is 4. The van der Waals surface area contributed by atoms with Crippen molar-refractivity contribution in [2.45, 2.75) is 36.5 Å². The molecule has 1 aromatic carbocycles. The van der Waals surface area contributed by atoms with Crippen LogP contribution in [0.2, 0.25) is 0 Å². The average molecular weight is 358 g/mol. The Hall–Kier alpha value is -1.79. The maximum Gasteiger partial charge on any atom is 0.417 e.